The summed E-state index contributed by atoms with van der Waals surface area (Å²) in [7, 11) is 2.27. The number of piperazine rings is 1. The highest BCUT2D eigenvalue weighted by atomic mass is 15.3. The molecule has 0 bridgehead atoms. The van der Waals surface area contributed by atoms with Crippen molar-refractivity contribution in [1.82, 2.24) is 14.7 Å². The van der Waals surface area contributed by atoms with Crippen LogP contribution in [-0.4, -0.2) is 72.1 Å². The van der Waals surface area contributed by atoms with Crippen molar-refractivity contribution in [3.63, 3.8) is 0 Å². The van der Waals surface area contributed by atoms with Crippen LogP contribution in [0.1, 0.15) is 34.1 Å². The van der Waals surface area contributed by atoms with Crippen molar-refractivity contribution in [2.24, 2.45) is 0 Å². The van der Waals surface area contributed by atoms with Gasteiger partial charge in [0, 0.05) is 50.3 Å². The Morgan fingerprint density at radius 3 is 2.06 bits per heavy atom. The minimum atomic E-state index is 0.389. The summed E-state index contributed by atoms with van der Waals surface area (Å²) in [5, 5.41) is 0. The number of hydrogen-bond acceptors (Lipinski definition) is 3. The molecule has 17 heavy (non-hydrogen) atoms. The molecular formula is C14H29N3. The van der Waals surface area contributed by atoms with E-state index in [1.54, 1.807) is 0 Å². The van der Waals surface area contributed by atoms with Gasteiger partial charge in [0.05, 0.1) is 0 Å². The van der Waals surface area contributed by atoms with Crippen LogP contribution in [0.2, 0.25) is 0 Å². The van der Waals surface area contributed by atoms with E-state index in [1.165, 1.54) is 39.1 Å². The largest absolute Gasteiger partial charge is 0.300 e. The highest BCUT2D eigenvalue weighted by Gasteiger charge is 2.39. The van der Waals surface area contributed by atoms with Crippen LogP contribution in [0.4, 0.5) is 0 Å². The van der Waals surface area contributed by atoms with Crippen LogP contribution >= 0.6 is 0 Å². The van der Waals surface area contributed by atoms with Crippen LogP contribution in [0, 0.1) is 0 Å². The highest BCUT2D eigenvalue weighted by molar-refractivity contribution is 4.96. The van der Waals surface area contributed by atoms with Gasteiger partial charge in [-0.25, -0.2) is 0 Å². The Balaban J connectivity index is 1.86. The molecule has 1 unspecified atom stereocenters. The van der Waals surface area contributed by atoms with E-state index >= 15 is 0 Å². The molecule has 0 spiro atoms. The Bertz CT molecular complexity index is 254. The lowest BCUT2D eigenvalue weighted by atomic mass is 9.99. The molecule has 2 aliphatic rings. The van der Waals surface area contributed by atoms with Crippen molar-refractivity contribution < 1.29 is 0 Å². The van der Waals surface area contributed by atoms with E-state index in [4.69, 9.17) is 0 Å². The van der Waals surface area contributed by atoms with Gasteiger partial charge in [-0.2, -0.15) is 0 Å². The van der Waals surface area contributed by atoms with E-state index in [1.807, 2.05) is 0 Å². The highest BCUT2D eigenvalue weighted by Crippen LogP contribution is 2.30. The van der Waals surface area contributed by atoms with Crippen LogP contribution in [-0.2, 0) is 0 Å². The summed E-state index contributed by atoms with van der Waals surface area (Å²) < 4.78 is 0. The number of rotatable bonds is 2. The van der Waals surface area contributed by atoms with Crippen LogP contribution in [0.5, 0.6) is 0 Å². The van der Waals surface area contributed by atoms with Gasteiger partial charge in [0.25, 0.3) is 0 Å². The van der Waals surface area contributed by atoms with E-state index < -0.39 is 0 Å². The maximum Gasteiger partial charge on any atom is 0.0241 e. The SMILES string of the molecule is CC(C)N1CCN(C2CN(C)C(C)(C)C2)CC1. The molecule has 3 nitrogen and oxygen atoms in total. The standard InChI is InChI=1S/C14H29N3/c1-12(2)16-6-8-17(9-7-16)13-10-14(3,4)15(5)11-13/h12-13H,6-11H2,1-5H3. The third-order valence-electron chi connectivity index (χ3n) is 4.85. The van der Waals surface area contributed by atoms with E-state index in [-0.39, 0.29) is 0 Å². The molecule has 2 saturated heterocycles. The maximum atomic E-state index is 2.71. The predicted octanol–water partition coefficient (Wildman–Crippen LogP) is 1.50. The van der Waals surface area contributed by atoms with Crippen molar-refractivity contribution >= 4 is 0 Å². The second-order valence-corrected chi connectivity index (χ2v) is 6.72. The first kappa shape index (κ1) is 13.3. The van der Waals surface area contributed by atoms with Crippen LogP contribution < -0.4 is 0 Å². The Kier molecular flexibility index (Phi) is 3.81. The van der Waals surface area contributed by atoms with Gasteiger partial charge in [0.2, 0.25) is 0 Å². The molecule has 0 aliphatic carbocycles. The van der Waals surface area contributed by atoms with E-state index in [9.17, 15) is 0 Å². The fraction of sp³-hybridized carbons (Fsp3) is 1.00. The Morgan fingerprint density at radius 1 is 1.06 bits per heavy atom. The zero-order valence-electron chi connectivity index (χ0n) is 12.2. The summed E-state index contributed by atoms with van der Waals surface area (Å²) in [5.74, 6) is 0. The molecule has 0 saturated carbocycles. The molecule has 0 aromatic heterocycles. The normalized spacial score (nSPS) is 32.5. The summed E-state index contributed by atoms with van der Waals surface area (Å²) >= 11 is 0. The number of likely N-dealkylation sites (N-methyl/N-ethyl adjacent to an activating group) is 1. The summed E-state index contributed by atoms with van der Waals surface area (Å²) in [6.45, 7) is 15.6. The lowest BCUT2D eigenvalue weighted by Crippen LogP contribution is -2.52. The van der Waals surface area contributed by atoms with Gasteiger partial charge in [-0.15, -0.1) is 0 Å². The number of nitrogens with zero attached hydrogens (tertiary/aromatic N) is 3. The molecule has 3 heteroatoms. The van der Waals surface area contributed by atoms with Crippen molar-refractivity contribution in [3.8, 4) is 0 Å². The van der Waals surface area contributed by atoms with Gasteiger partial charge in [-0.3, -0.25) is 14.7 Å². The molecule has 1 atom stereocenters. The van der Waals surface area contributed by atoms with Gasteiger partial charge in [-0.1, -0.05) is 0 Å². The Labute approximate surface area is 107 Å². The zero-order chi connectivity index (χ0) is 12.6. The van der Waals surface area contributed by atoms with Gasteiger partial charge in [0.1, 0.15) is 0 Å². The zero-order valence-corrected chi connectivity index (χ0v) is 12.2. The molecule has 0 N–H and O–H groups in total. The first-order valence-electron chi connectivity index (χ1n) is 7.09. The molecule has 2 rings (SSSR count). The average Bonchev–Trinajstić information content (AvgIpc) is 2.54. The molecule has 0 amide bonds. The average molecular weight is 239 g/mol. The minimum Gasteiger partial charge on any atom is -0.300 e. The Morgan fingerprint density at radius 2 is 1.65 bits per heavy atom. The smallest absolute Gasteiger partial charge is 0.0241 e. The minimum absolute atomic E-state index is 0.389. The molecule has 0 aromatic carbocycles. The Hall–Kier alpha value is -0.120. The fourth-order valence-corrected chi connectivity index (χ4v) is 3.22. The monoisotopic (exact) mass is 239 g/mol. The van der Waals surface area contributed by atoms with Crippen LogP contribution in [0.15, 0.2) is 0 Å². The van der Waals surface area contributed by atoms with Crippen molar-refractivity contribution in [3.05, 3.63) is 0 Å². The van der Waals surface area contributed by atoms with E-state index in [2.05, 4.69) is 49.4 Å². The second-order valence-electron chi connectivity index (χ2n) is 6.72. The molecule has 2 heterocycles. The van der Waals surface area contributed by atoms with Crippen LogP contribution in [0.25, 0.3) is 0 Å². The quantitative estimate of drug-likeness (QED) is 0.723. The van der Waals surface area contributed by atoms with Crippen LogP contribution in [0.3, 0.4) is 0 Å². The number of hydrogen-bond donors (Lipinski definition) is 0. The first-order valence-corrected chi connectivity index (χ1v) is 7.09. The predicted molar refractivity (Wildman–Crippen MR) is 73.4 cm³/mol. The molecule has 100 valence electrons. The van der Waals surface area contributed by atoms with Crippen molar-refractivity contribution in [2.45, 2.75) is 51.7 Å². The first-order chi connectivity index (χ1) is 7.90. The van der Waals surface area contributed by atoms with Gasteiger partial charge in [0.15, 0.2) is 0 Å². The summed E-state index contributed by atoms with van der Waals surface area (Å²) in [6.07, 6.45) is 1.32. The molecular weight excluding hydrogens is 210 g/mol. The molecule has 0 aromatic rings. The maximum absolute atomic E-state index is 2.71. The number of likely N-dealkylation sites (tertiary alicyclic amines) is 1. The lowest BCUT2D eigenvalue weighted by Gasteiger charge is -2.39. The summed E-state index contributed by atoms with van der Waals surface area (Å²) in [5.41, 5.74) is 0.389. The lowest BCUT2D eigenvalue weighted by molar-refractivity contribution is 0.0807. The topological polar surface area (TPSA) is 9.72 Å². The third kappa shape index (κ3) is 2.83. The van der Waals surface area contributed by atoms with Crippen molar-refractivity contribution in [2.75, 3.05) is 39.8 Å². The van der Waals surface area contributed by atoms with Gasteiger partial charge < -0.3 is 0 Å². The summed E-state index contributed by atoms with van der Waals surface area (Å²) in [4.78, 5) is 7.83. The molecule has 0 radical (unpaired) electrons. The second kappa shape index (κ2) is 4.87. The van der Waals surface area contributed by atoms with Gasteiger partial charge in [-0.05, 0) is 41.2 Å². The molecule has 2 aliphatic heterocycles. The fourth-order valence-electron chi connectivity index (χ4n) is 3.22. The van der Waals surface area contributed by atoms with E-state index in [0.29, 0.717) is 11.6 Å². The van der Waals surface area contributed by atoms with Gasteiger partial charge >= 0.3 is 0 Å². The summed E-state index contributed by atoms with van der Waals surface area (Å²) in [6, 6.07) is 1.49. The van der Waals surface area contributed by atoms with Crippen molar-refractivity contribution in [1.29, 1.82) is 0 Å². The third-order valence-corrected chi connectivity index (χ3v) is 4.85. The molecule has 2 fully saturated rings. The van der Waals surface area contributed by atoms with E-state index in [0.717, 1.165) is 6.04 Å².